The van der Waals surface area contributed by atoms with Crippen LogP contribution in [0.1, 0.15) is 28.5 Å². The zero-order chi connectivity index (χ0) is 14.7. The monoisotopic (exact) mass is 272 g/mol. The van der Waals surface area contributed by atoms with Crippen LogP contribution in [0.3, 0.4) is 0 Å². The Morgan fingerprint density at radius 2 is 2.00 bits per heavy atom. The molecule has 0 saturated carbocycles. The van der Waals surface area contributed by atoms with Crippen molar-refractivity contribution in [3.8, 4) is 0 Å². The molecule has 20 heavy (non-hydrogen) atoms. The van der Waals surface area contributed by atoms with Crippen LogP contribution in [0.2, 0.25) is 0 Å². The standard InChI is InChI=1S/C15H20N4O/c1-4-19-14(13(16)9-17-19)15(20)18(3)10-12-7-5-11(2)6-8-12/h5-9H,4,10,16H2,1-3H3. The summed E-state index contributed by atoms with van der Waals surface area (Å²) in [7, 11) is 1.77. The first-order valence-corrected chi connectivity index (χ1v) is 6.65. The van der Waals surface area contributed by atoms with Crippen molar-refractivity contribution in [2.24, 2.45) is 0 Å². The second kappa shape index (κ2) is 5.77. The Balaban J connectivity index is 2.16. The van der Waals surface area contributed by atoms with Gasteiger partial charge in [-0.1, -0.05) is 29.8 Å². The maximum atomic E-state index is 12.5. The van der Waals surface area contributed by atoms with Crippen LogP contribution in [0.5, 0.6) is 0 Å². The zero-order valence-electron chi connectivity index (χ0n) is 12.1. The van der Waals surface area contributed by atoms with Crippen LogP contribution in [0.25, 0.3) is 0 Å². The third-order valence-corrected chi connectivity index (χ3v) is 3.26. The van der Waals surface area contributed by atoms with Crippen LogP contribution in [0.15, 0.2) is 30.5 Å². The largest absolute Gasteiger partial charge is 0.396 e. The number of carbonyl (C=O) groups excluding carboxylic acids is 1. The molecule has 2 aromatic rings. The number of nitrogens with zero attached hydrogens (tertiary/aromatic N) is 3. The highest BCUT2D eigenvalue weighted by atomic mass is 16.2. The molecule has 0 saturated heterocycles. The third kappa shape index (κ3) is 2.82. The lowest BCUT2D eigenvalue weighted by Gasteiger charge is -2.18. The molecule has 1 aromatic carbocycles. The highest BCUT2D eigenvalue weighted by molar-refractivity contribution is 5.97. The van der Waals surface area contributed by atoms with Gasteiger partial charge in [0.25, 0.3) is 5.91 Å². The zero-order valence-corrected chi connectivity index (χ0v) is 12.1. The van der Waals surface area contributed by atoms with Gasteiger partial charge in [0.15, 0.2) is 0 Å². The number of hydrogen-bond donors (Lipinski definition) is 1. The molecule has 2 rings (SSSR count). The number of benzene rings is 1. The molecule has 2 N–H and O–H groups in total. The number of aromatic nitrogens is 2. The highest BCUT2D eigenvalue weighted by Crippen LogP contribution is 2.15. The smallest absolute Gasteiger partial charge is 0.274 e. The van der Waals surface area contributed by atoms with Crippen molar-refractivity contribution in [1.29, 1.82) is 0 Å². The summed E-state index contributed by atoms with van der Waals surface area (Å²) in [6, 6.07) is 8.13. The van der Waals surface area contributed by atoms with Gasteiger partial charge in [0.05, 0.1) is 11.9 Å². The van der Waals surface area contributed by atoms with Gasteiger partial charge in [-0.15, -0.1) is 0 Å². The van der Waals surface area contributed by atoms with Crippen LogP contribution < -0.4 is 5.73 Å². The molecule has 0 fully saturated rings. The lowest BCUT2D eigenvalue weighted by atomic mass is 10.1. The van der Waals surface area contributed by atoms with Crippen LogP contribution in [0, 0.1) is 6.92 Å². The molecule has 0 radical (unpaired) electrons. The van der Waals surface area contributed by atoms with Crippen molar-refractivity contribution in [3.63, 3.8) is 0 Å². The Bertz CT molecular complexity index is 601. The minimum atomic E-state index is -0.109. The van der Waals surface area contributed by atoms with Crippen LogP contribution in [-0.2, 0) is 13.1 Å². The summed E-state index contributed by atoms with van der Waals surface area (Å²) in [6.45, 7) is 5.15. The van der Waals surface area contributed by atoms with E-state index in [2.05, 4.69) is 5.10 Å². The Morgan fingerprint density at radius 1 is 1.35 bits per heavy atom. The topological polar surface area (TPSA) is 64.2 Å². The Labute approximate surface area is 119 Å². The van der Waals surface area contributed by atoms with E-state index in [9.17, 15) is 4.79 Å². The second-order valence-electron chi connectivity index (χ2n) is 4.91. The van der Waals surface area contributed by atoms with E-state index in [4.69, 9.17) is 5.73 Å². The lowest BCUT2D eigenvalue weighted by Crippen LogP contribution is -2.29. The minimum absolute atomic E-state index is 0.109. The lowest BCUT2D eigenvalue weighted by molar-refractivity contribution is 0.0774. The molecular weight excluding hydrogens is 252 g/mol. The number of nitrogens with two attached hydrogens (primary N) is 1. The maximum absolute atomic E-state index is 12.5. The normalized spacial score (nSPS) is 10.6. The van der Waals surface area contributed by atoms with E-state index in [1.807, 2.05) is 38.1 Å². The summed E-state index contributed by atoms with van der Waals surface area (Å²) in [5, 5.41) is 4.10. The van der Waals surface area contributed by atoms with E-state index in [1.165, 1.54) is 11.8 Å². The molecule has 5 heteroatoms. The molecule has 0 unspecified atom stereocenters. The van der Waals surface area contributed by atoms with Crippen LogP contribution in [0.4, 0.5) is 5.69 Å². The highest BCUT2D eigenvalue weighted by Gasteiger charge is 2.20. The number of anilines is 1. The van der Waals surface area contributed by atoms with Crippen molar-refractivity contribution in [2.45, 2.75) is 26.9 Å². The molecule has 1 heterocycles. The summed E-state index contributed by atoms with van der Waals surface area (Å²) in [4.78, 5) is 14.1. The molecule has 106 valence electrons. The summed E-state index contributed by atoms with van der Waals surface area (Å²) in [5.41, 5.74) is 9.02. The molecule has 1 aromatic heterocycles. The molecule has 0 atom stereocenters. The van der Waals surface area contributed by atoms with Crippen LogP contribution in [-0.4, -0.2) is 27.6 Å². The number of aryl methyl sites for hydroxylation is 2. The second-order valence-corrected chi connectivity index (χ2v) is 4.91. The first kappa shape index (κ1) is 14.1. The van der Waals surface area contributed by atoms with Gasteiger partial charge < -0.3 is 10.6 Å². The summed E-state index contributed by atoms with van der Waals surface area (Å²) >= 11 is 0. The summed E-state index contributed by atoms with van der Waals surface area (Å²) in [5.74, 6) is -0.109. The van der Waals surface area contributed by atoms with Gasteiger partial charge in [-0.2, -0.15) is 5.10 Å². The van der Waals surface area contributed by atoms with Gasteiger partial charge in [0.2, 0.25) is 0 Å². The van der Waals surface area contributed by atoms with Crippen molar-refractivity contribution < 1.29 is 4.79 Å². The van der Waals surface area contributed by atoms with Gasteiger partial charge >= 0.3 is 0 Å². The molecule has 0 spiro atoms. The van der Waals surface area contributed by atoms with E-state index < -0.39 is 0 Å². The van der Waals surface area contributed by atoms with Crippen LogP contribution >= 0.6 is 0 Å². The van der Waals surface area contributed by atoms with Gasteiger partial charge in [-0.05, 0) is 19.4 Å². The molecule has 1 amide bonds. The quantitative estimate of drug-likeness (QED) is 0.926. The number of hydrogen-bond acceptors (Lipinski definition) is 3. The number of nitrogen functional groups attached to an aromatic ring is 1. The molecule has 0 aliphatic heterocycles. The summed E-state index contributed by atoms with van der Waals surface area (Å²) < 4.78 is 1.63. The van der Waals surface area contributed by atoms with Crippen molar-refractivity contribution in [2.75, 3.05) is 12.8 Å². The van der Waals surface area contributed by atoms with Gasteiger partial charge in [-0.3, -0.25) is 9.48 Å². The number of rotatable bonds is 4. The molecule has 0 aliphatic rings. The number of carbonyl (C=O) groups is 1. The van der Waals surface area contributed by atoms with Gasteiger partial charge in [0, 0.05) is 20.1 Å². The Morgan fingerprint density at radius 3 is 2.60 bits per heavy atom. The summed E-state index contributed by atoms with van der Waals surface area (Å²) in [6.07, 6.45) is 1.52. The predicted molar refractivity (Wildman–Crippen MR) is 79.3 cm³/mol. The molecule has 0 aliphatic carbocycles. The van der Waals surface area contributed by atoms with E-state index >= 15 is 0 Å². The van der Waals surface area contributed by atoms with E-state index in [0.717, 1.165) is 5.56 Å². The average Bonchev–Trinajstić information content (AvgIpc) is 2.81. The third-order valence-electron chi connectivity index (χ3n) is 3.26. The first-order valence-electron chi connectivity index (χ1n) is 6.65. The van der Waals surface area contributed by atoms with E-state index in [1.54, 1.807) is 16.6 Å². The molecule has 5 nitrogen and oxygen atoms in total. The molecule has 0 bridgehead atoms. The SMILES string of the molecule is CCn1ncc(N)c1C(=O)N(C)Cc1ccc(C)cc1. The van der Waals surface area contributed by atoms with Crippen molar-refractivity contribution in [3.05, 3.63) is 47.3 Å². The fourth-order valence-electron chi connectivity index (χ4n) is 2.09. The number of amides is 1. The predicted octanol–water partition coefficient (Wildman–Crippen LogP) is 2.07. The van der Waals surface area contributed by atoms with Gasteiger partial charge in [0.1, 0.15) is 5.69 Å². The van der Waals surface area contributed by atoms with Gasteiger partial charge in [-0.25, -0.2) is 0 Å². The Kier molecular flexibility index (Phi) is 4.08. The van der Waals surface area contributed by atoms with E-state index in [-0.39, 0.29) is 5.91 Å². The van der Waals surface area contributed by atoms with Crippen molar-refractivity contribution in [1.82, 2.24) is 14.7 Å². The fraction of sp³-hybridized carbons (Fsp3) is 0.333. The van der Waals surface area contributed by atoms with E-state index in [0.29, 0.717) is 24.5 Å². The van der Waals surface area contributed by atoms with Crippen molar-refractivity contribution >= 4 is 11.6 Å². The molecular formula is C15H20N4O. The maximum Gasteiger partial charge on any atom is 0.274 e. The minimum Gasteiger partial charge on any atom is -0.396 e. The Hall–Kier alpha value is -2.30. The average molecular weight is 272 g/mol. The fourth-order valence-corrected chi connectivity index (χ4v) is 2.09. The first-order chi connectivity index (χ1) is 9.52.